The molecule has 0 amide bonds. The Balaban J connectivity index is 2.17. The van der Waals surface area contributed by atoms with Crippen LogP contribution in [0.5, 0.6) is 0 Å². The highest BCUT2D eigenvalue weighted by atomic mass is 16.6. The molecule has 0 unspecified atom stereocenters. The molecule has 0 radical (unpaired) electrons. The molecule has 0 aromatic rings. The van der Waals surface area contributed by atoms with Crippen molar-refractivity contribution >= 4 is 5.97 Å². The molecule has 5 atom stereocenters. The first-order valence-corrected chi connectivity index (χ1v) is 7.03. The molecule has 1 fully saturated rings. The molecule has 1 aliphatic carbocycles. The van der Waals surface area contributed by atoms with Crippen molar-refractivity contribution < 1.29 is 14.6 Å². The zero-order valence-electron chi connectivity index (χ0n) is 11.6. The standard InChI is InChI=1S/C15H24O3/c1-9-4-6-12-11(3)15(17)18-14(12)8-10(2)13(16)7-5-9/h5,10-14,16H,4,6-8H2,1-3H3/b9-5-/t10-,11+,12+,13-,14-/m1/s1. The third kappa shape index (κ3) is 2.77. The predicted octanol–water partition coefficient (Wildman–Crippen LogP) is 2.68. The van der Waals surface area contributed by atoms with Crippen molar-refractivity contribution in [1.29, 1.82) is 0 Å². The fourth-order valence-corrected chi connectivity index (χ4v) is 3.07. The Hall–Kier alpha value is -0.830. The average Bonchev–Trinajstić information content (AvgIpc) is 2.59. The molecule has 1 aliphatic heterocycles. The highest BCUT2D eigenvalue weighted by molar-refractivity contribution is 5.74. The molecule has 2 aliphatic rings. The van der Waals surface area contributed by atoms with Gasteiger partial charge in [-0.05, 0) is 38.5 Å². The maximum absolute atomic E-state index is 11.7. The molecule has 0 saturated carbocycles. The van der Waals surface area contributed by atoms with Crippen molar-refractivity contribution in [3.63, 3.8) is 0 Å². The van der Waals surface area contributed by atoms with E-state index in [0.717, 1.165) is 19.3 Å². The minimum absolute atomic E-state index is 0.00282. The number of ether oxygens (including phenoxy) is 1. The average molecular weight is 252 g/mol. The fraction of sp³-hybridized carbons (Fsp3) is 0.800. The van der Waals surface area contributed by atoms with Crippen molar-refractivity contribution in [2.24, 2.45) is 17.8 Å². The van der Waals surface area contributed by atoms with Crippen molar-refractivity contribution in [3.8, 4) is 0 Å². The summed E-state index contributed by atoms with van der Waals surface area (Å²) in [5.41, 5.74) is 1.31. The van der Waals surface area contributed by atoms with Gasteiger partial charge in [-0.15, -0.1) is 0 Å². The van der Waals surface area contributed by atoms with Crippen LogP contribution in [0.1, 0.15) is 46.5 Å². The third-order valence-corrected chi connectivity index (χ3v) is 4.60. The Morgan fingerprint density at radius 1 is 1.39 bits per heavy atom. The summed E-state index contributed by atoms with van der Waals surface area (Å²) in [6.45, 7) is 6.12. The Kier molecular flexibility index (Phi) is 4.10. The zero-order valence-corrected chi connectivity index (χ0v) is 11.6. The van der Waals surface area contributed by atoms with Gasteiger partial charge in [-0.1, -0.05) is 25.5 Å². The number of allylic oxidation sites excluding steroid dienone is 1. The number of carbonyl (C=O) groups is 1. The van der Waals surface area contributed by atoms with E-state index in [4.69, 9.17) is 4.74 Å². The molecular formula is C15H24O3. The molecule has 1 N–H and O–H groups in total. The molecule has 1 heterocycles. The topological polar surface area (TPSA) is 46.5 Å². The number of aliphatic hydroxyl groups is 1. The normalized spacial score (nSPS) is 44.8. The summed E-state index contributed by atoms with van der Waals surface area (Å²) in [5, 5.41) is 10.1. The number of carbonyl (C=O) groups excluding carboxylic acids is 1. The number of aliphatic hydroxyl groups excluding tert-OH is 1. The molecule has 3 nitrogen and oxygen atoms in total. The van der Waals surface area contributed by atoms with Crippen LogP contribution in [0, 0.1) is 17.8 Å². The van der Waals surface area contributed by atoms with Crippen molar-refractivity contribution in [2.45, 2.75) is 58.7 Å². The van der Waals surface area contributed by atoms with E-state index in [-0.39, 0.29) is 30.0 Å². The first-order valence-electron chi connectivity index (χ1n) is 7.03. The second-order valence-corrected chi connectivity index (χ2v) is 6.03. The highest BCUT2D eigenvalue weighted by Gasteiger charge is 2.42. The van der Waals surface area contributed by atoms with E-state index in [9.17, 15) is 9.90 Å². The molecule has 3 heteroatoms. The van der Waals surface area contributed by atoms with E-state index in [1.165, 1.54) is 5.57 Å². The minimum atomic E-state index is -0.326. The van der Waals surface area contributed by atoms with Gasteiger partial charge in [0.2, 0.25) is 0 Å². The molecule has 0 bridgehead atoms. The smallest absolute Gasteiger partial charge is 0.309 e. The molecule has 0 aromatic carbocycles. The number of esters is 1. The Morgan fingerprint density at radius 2 is 2.11 bits per heavy atom. The van der Waals surface area contributed by atoms with Crippen LogP contribution >= 0.6 is 0 Å². The van der Waals surface area contributed by atoms with Gasteiger partial charge in [-0.2, -0.15) is 0 Å². The highest BCUT2D eigenvalue weighted by Crippen LogP contribution is 2.37. The van der Waals surface area contributed by atoms with E-state index in [1.54, 1.807) is 0 Å². The lowest BCUT2D eigenvalue weighted by molar-refractivity contribution is -0.144. The van der Waals surface area contributed by atoms with Crippen LogP contribution in [0.2, 0.25) is 0 Å². The van der Waals surface area contributed by atoms with Crippen molar-refractivity contribution in [3.05, 3.63) is 11.6 Å². The quantitative estimate of drug-likeness (QED) is 0.532. The summed E-state index contributed by atoms with van der Waals surface area (Å²) < 4.78 is 5.49. The summed E-state index contributed by atoms with van der Waals surface area (Å²) in [6.07, 6.45) is 5.34. The number of rotatable bonds is 0. The first-order chi connectivity index (χ1) is 8.49. The van der Waals surface area contributed by atoms with Gasteiger partial charge >= 0.3 is 5.97 Å². The summed E-state index contributed by atoms with van der Waals surface area (Å²) in [5.74, 6) is 0.436. The van der Waals surface area contributed by atoms with E-state index in [2.05, 4.69) is 13.0 Å². The van der Waals surface area contributed by atoms with E-state index in [1.807, 2.05) is 13.8 Å². The summed E-state index contributed by atoms with van der Waals surface area (Å²) >= 11 is 0. The minimum Gasteiger partial charge on any atom is -0.462 e. The second kappa shape index (κ2) is 5.43. The second-order valence-electron chi connectivity index (χ2n) is 6.03. The lowest BCUT2D eigenvalue weighted by atomic mass is 9.81. The van der Waals surface area contributed by atoms with Crippen molar-refractivity contribution in [2.75, 3.05) is 0 Å². The number of hydrogen-bond acceptors (Lipinski definition) is 3. The molecule has 0 aromatic heterocycles. The van der Waals surface area contributed by atoms with Crippen LogP contribution < -0.4 is 0 Å². The maximum Gasteiger partial charge on any atom is 0.309 e. The van der Waals surface area contributed by atoms with Crippen LogP contribution in [0.3, 0.4) is 0 Å². The van der Waals surface area contributed by atoms with Crippen LogP contribution in [0.4, 0.5) is 0 Å². The first kappa shape index (κ1) is 13.6. The Bertz CT molecular complexity index is 348. The monoisotopic (exact) mass is 252 g/mol. The summed E-state index contributed by atoms with van der Waals surface area (Å²) in [4.78, 5) is 11.7. The van der Waals surface area contributed by atoms with E-state index >= 15 is 0 Å². The molecule has 102 valence electrons. The van der Waals surface area contributed by atoms with Crippen LogP contribution in [0.25, 0.3) is 0 Å². The van der Waals surface area contributed by atoms with Gasteiger partial charge in [0.25, 0.3) is 0 Å². The fourth-order valence-electron chi connectivity index (χ4n) is 3.07. The summed E-state index contributed by atoms with van der Waals surface area (Å²) in [7, 11) is 0. The maximum atomic E-state index is 11.7. The zero-order chi connectivity index (χ0) is 13.3. The summed E-state index contributed by atoms with van der Waals surface area (Å²) in [6, 6.07) is 0. The van der Waals surface area contributed by atoms with Gasteiger partial charge in [-0.3, -0.25) is 4.79 Å². The SMILES string of the molecule is C/C1=C/C[C@@H](O)[C@H](C)C[C@H]2OC(=O)[C@@H](C)[C@@H]2CC1. The van der Waals surface area contributed by atoms with Gasteiger partial charge in [0.1, 0.15) is 6.10 Å². The number of fused-ring (bicyclic) bond motifs is 1. The van der Waals surface area contributed by atoms with Gasteiger partial charge < -0.3 is 9.84 Å². The van der Waals surface area contributed by atoms with Crippen LogP contribution in [-0.4, -0.2) is 23.3 Å². The van der Waals surface area contributed by atoms with E-state index < -0.39 is 0 Å². The Morgan fingerprint density at radius 3 is 2.83 bits per heavy atom. The number of hydrogen-bond donors (Lipinski definition) is 1. The van der Waals surface area contributed by atoms with Gasteiger partial charge in [0.05, 0.1) is 12.0 Å². The molecule has 2 rings (SSSR count). The van der Waals surface area contributed by atoms with Gasteiger partial charge in [0, 0.05) is 5.92 Å². The van der Waals surface area contributed by atoms with E-state index in [0.29, 0.717) is 12.3 Å². The largest absolute Gasteiger partial charge is 0.462 e. The van der Waals surface area contributed by atoms with Crippen LogP contribution in [-0.2, 0) is 9.53 Å². The predicted molar refractivity (Wildman–Crippen MR) is 69.9 cm³/mol. The molecule has 18 heavy (non-hydrogen) atoms. The Labute approximate surface area is 109 Å². The van der Waals surface area contributed by atoms with Crippen molar-refractivity contribution in [1.82, 2.24) is 0 Å². The molecular weight excluding hydrogens is 228 g/mol. The third-order valence-electron chi connectivity index (χ3n) is 4.60. The van der Waals surface area contributed by atoms with Crippen LogP contribution in [0.15, 0.2) is 11.6 Å². The van der Waals surface area contributed by atoms with Gasteiger partial charge in [0.15, 0.2) is 0 Å². The van der Waals surface area contributed by atoms with Gasteiger partial charge in [-0.25, -0.2) is 0 Å². The lowest BCUT2D eigenvalue weighted by Gasteiger charge is -2.26. The molecule has 1 saturated heterocycles. The molecule has 0 spiro atoms. The lowest BCUT2D eigenvalue weighted by Crippen LogP contribution is -2.27.